The van der Waals surface area contributed by atoms with Crippen molar-refractivity contribution < 1.29 is 14.3 Å². The van der Waals surface area contributed by atoms with Crippen LogP contribution in [0.1, 0.15) is 40.7 Å². The minimum Gasteiger partial charge on any atom is -0.493 e. The highest BCUT2D eigenvalue weighted by Crippen LogP contribution is 2.39. The number of piperidine rings is 1. The molecule has 0 amide bonds. The molecule has 1 heterocycles. The van der Waals surface area contributed by atoms with E-state index in [2.05, 4.69) is 40.1 Å². The average Bonchev–Trinajstić information content (AvgIpc) is 3.08. The number of hydrogen-bond donors (Lipinski definition) is 0. The molecule has 1 unspecified atom stereocenters. The van der Waals surface area contributed by atoms with Crippen molar-refractivity contribution in [1.29, 1.82) is 0 Å². The third-order valence-electron chi connectivity index (χ3n) is 6.35. The third kappa shape index (κ3) is 4.49. The van der Waals surface area contributed by atoms with E-state index in [1.807, 2.05) is 6.07 Å². The van der Waals surface area contributed by atoms with Crippen molar-refractivity contribution in [3.8, 4) is 11.5 Å². The molecule has 1 aliphatic carbocycles. The predicted molar refractivity (Wildman–Crippen MR) is 116 cm³/mol. The molecule has 0 aromatic heterocycles. The number of benzene rings is 2. The number of methoxy groups -OCH3 is 1. The number of carbonyl (C=O) groups is 1. The highest BCUT2D eigenvalue weighted by atomic mass is 16.5. The summed E-state index contributed by atoms with van der Waals surface area (Å²) in [7, 11) is 1.56. The molecule has 1 saturated heterocycles. The quantitative estimate of drug-likeness (QED) is 0.632. The number of carbonyl (C=O) groups excluding carboxylic acids is 1. The van der Waals surface area contributed by atoms with Crippen LogP contribution in [-0.4, -0.2) is 37.6 Å². The molecule has 1 fully saturated rings. The Labute approximate surface area is 178 Å². The largest absolute Gasteiger partial charge is 0.493 e. The van der Waals surface area contributed by atoms with Crippen LogP contribution in [0.5, 0.6) is 11.5 Å². The average molecular weight is 405 g/mol. The number of rotatable bonds is 7. The summed E-state index contributed by atoms with van der Waals surface area (Å²) in [5.41, 5.74) is 3.14. The number of likely N-dealkylation sites (tertiary alicyclic amines) is 1. The zero-order valence-electron chi connectivity index (χ0n) is 17.5. The molecule has 2 aromatic carbocycles. The first-order chi connectivity index (χ1) is 14.7. The SMILES string of the molecule is [C-]#[N+]COc1cc2c(cc1OC)C(=O)C(CC1CCN(Cc3ccccc3)CC1)C2. The van der Waals surface area contributed by atoms with E-state index in [0.29, 0.717) is 17.4 Å². The second-order valence-electron chi connectivity index (χ2n) is 8.30. The van der Waals surface area contributed by atoms with Gasteiger partial charge in [-0.15, -0.1) is 0 Å². The van der Waals surface area contributed by atoms with Crippen molar-refractivity contribution >= 4 is 5.78 Å². The number of fused-ring (bicyclic) bond motifs is 1. The standard InChI is InChI=1S/C25H28N2O3/c1-26-17-30-24-14-20-13-21(25(28)22(20)15-23(24)29-2)12-18-8-10-27(11-9-18)16-19-6-4-3-5-7-19/h3-7,14-15,18,21H,8-13,16-17H2,2H3. The highest BCUT2D eigenvalue weighted by molar-refractivity contribution is 6.02. The predicted octanol–water partition coefficient (Wildman–Crippen LogP) is 4.61. The number of ether oxygens (including phenoxy) is 2. The Morgan fingerprint density at radius 2 is 1.90 bits per heavy atom. The molecule has 0 bridgehead atoms. The molecule has 0 radical (unpaired) electrons. The van der Waals surface area contributed by atoms with E-state index in [1.54, 1.807) is 13.2 Å². The van der Waals surface area contributed by atoms with E-state index in [0.717, 1.165) is 56.4 Å². The van der Waals surface area contributed by atoms with E-state index in [1.165, 1.54) is 5.56 Å². The van der Waals surface area contributed by atoms with Crippen LogP contribution in [0, 0.1) is 18.4 Å². The van der Waals surface area contributed by atoms with Crippen LogP contribution in [-0.2, 0) is 13.0 Å². The maximum Gasteiger partial charge on any atom is 0.357 e. The van der Waals surface area contributed by atoms with Gasteiger partial charge in [-0.25, -0.2) is 6.57 Å². The molecule has 156 valence electrons. The van der Waals surface area contributed by atoms with Gasteiger partial charge in [0.2, 0.25) is 0 Å². The van der Waals surface area contributed by atoms with Gasteiger partial charge >= 0.3 is 6.73 Å². The minimum absolute atomic E-state index is 0.0475. The maximum atomic E-state index is 13.0. The van der Waals surface area contributed by atoms with Gasteiger partial charge in [-0.1, -0.05) is 30.3 Å². The highest BCUT2D eigenvalue weighted by Gasteiger charge is 2.34. The van der Waals surface area contributed by atoms with Gasteiger partial charge in [0.25, 0.3) is 0 Å². The summed E-state index contributed by atoms with van der Waals surface area (Å²) in [6.45, 7) is 10.1. The monoisotopic (exact) mass is 404 g/mol. The van der Waals surface area contributed by atoms with Crippen LogP contribution in [0.25, 0.3) is 4.85 Å². The molecule has 0 saturated carbocycles. The van der Waals surface area contributed by atoms with Crippen LogP contribution in [0.3, 0.4) is 0 Å². The maximum absolute atomic E-state index is 13.0. The Balaban J connectivity index is 1.34. The van der Waals surface area contributed by atoms with Gasteiger partial charge in [0.05, 0.1) is 7.11 Å². The van der Waals surface area contributed by atoms with Crippen molar-refractivity contribution in [2.24, 2.45) is 11.8 Å². The number of hydrogen-bond acceptors (Lipinski definition) is 4. The summed E-state index contributed by atoms with van der Waals surface area (Å²) in [4.78, 5) is 18.8. The lowest BCUT2D eigenvalue weighted by Gasteiger charge is -2.32. The molecule has 0 spiro atoms. The summed E-state index contributed by atoms with van der Waals surface area (Å²) in [6, 6.07) is 14.3. The zero-order valence-corrected chi connectivity index (χ0v) is 17.5. The lowest BCUT2D eigenvalue weighted by atomic mass is 9.85. The Bertz CT molecular complexity index is 927. The van der Waals surface area contributed by atoms with Crippen molar-refractivity contribution in [2.45, 2.75) is 32.2 Å². The molecule has 4 rings (SSSR count). The van der Waals surface area contributed by atoms with E-state index >= 15 is 0 Å². The van der Waals surface area contributed by atoms with Crippen molar-refractivity contribution in [3.63, 3.8) is 0 Å². The van der Waals surface area contributed by atoms with E-state index in [4.69, 9.17) is 16.0 Å². The Morgan fingerprint density at radius 3 is 2.60 bits per heavy atom. The fourth-order valence-corrected chi connectivity index (χ4v) is 4.77. The number of Topliss-reactive ketones (excluding diaryl/α,β-unsaturated/α-hetero) is 1. The van der Waals surface area contributed by atoms with Gasteiger partial charge in [-0.05, 0) is 68.0 Å². The number of ketones is 1. The van der Waals surface area contributed by atoms with Crippen molar-refractivity contribution in [1.82, 2.24) is 4.90 Å². The molecular weight excluding hydrogens is 376 g/mol. The topological polar surface area (TPSA) is 43.1 Å². The van der Waals surface area contributed by atoms with E-state index < -0.39 is 0 Å². The smallest absolute Gasteiger partial charge is 0.357 e. The molecule has 1 atom stereocenters. The van der Waals surface area contributed by atoms with Gasteiger partial charge in [0.15, 0.2) is 17.3 Å². The summed E-state index contributed by atoms with van der Waals surface area (Å²) in [5.74, 6) is 1.95. The Hall–Kier alpha value is -2.84. The first-order valence-electron chi connectivity index (χ1n) is 10.7. The fourth-order valence-electron chi connectivity index (χ4n) is 4.77. The Kier molecular flexibility index (Phi) is 6.35. The van der Waals surface area contributed by atoms with Gasteiger partial charge in [-0.3, -0.25) is 14.5 Å². The van der Waals surface area contributed by atoms with Crippen LogP contribution < -0.4 is 9.47 Å². The van der Waals surface area contributed by atoms with Gasteiger partial charge in [-0.2, -0.15) is 0 Å². The van der Waals surface area contributed by atoms with Crippen LogP contribution in [0.4, 0.5) is 0 Å². The summed E-state index contributed by atoms with van der Waals surface area (Å²) in [6.07, 6.45) is 4.01. The van der Waals surface area contributed by atoms with Gasteiger partial charge in [0.1, 0.15) is 0 Å². The molecule has 1 aliphatic heterocycles. The second-order valence-corrected chi connectivity index (χ2v) is 8.30. The Morgan fingerprint density at radius 1 is 1.13 bits per heavy atom. The van der Waals surface area contributed by atoms with Gasteiger partial charge in [0, 0.05) is 18.0 Å². The molecule has 0 N–H and O–H groups in total. The lowest BCUT2D eigenvalue weighted by molar-refractivity contribution is 0.0895. The number of nitrogens with zero attached hydrogens (tertiary/aromatic N) is 2. The normalized spacial score (nSPS) is 19.3. The molecule has 30 heavy (non-hydrogen) atoms. The van der Waals surface area contributed by atoms with Crippen molar-refractivity contribution in [2.75, 3.05) is 26.9 Å². The summed E-state index contributed by atoms with van der Waals surface area (Å²) < 4.78 is 10.9. The first-order valence-corrected chi connectivity index (χ1v) is 10.7. The van der Waals surface area contributed by atoms with Crippen LogP contribution in [0.2, 0.25) is 0 Å². The minimum atomic E-state index is -0.0475. The summed E-state index contributed by atoms with van der Waals surface area (Å²) >= 11 is 0. The molecule has 5 heteroatoms. The van der Waals surface area contributed by atoms with Crippen LogP contribution in [0.15, 0.2) is 42.5 Å². The molecular formula is C25H28N2O3. The van der Waals surface area contributed by atoms with Crippen molar-refractivity contribution in [3.05, 3.63) is 70.6 Å². The van der Waals surface area contributed by atoms with Gasteiger partial charge < -0.3 is 9.47 Å². The zero-order chi connectivity index (χ0) is 20.9. The lowest BCUT2D eigenvalue weighted by Crippen LogP contribution is -2.34. The van der Waals surface area contributed by atoms with Crippen LogP contribution >= 0.6 is 0 Å². The molecule has 2 aromatic rings. The molecule has 5 nitrogen and oxygen atoms in total. The first kappa shape index (κ1) is 20.4. The third-order valence-corrected chi connectivity index (χ3v) is 6.35. The second kappa shape index (κ2) is 9.32. The van der Waals surface area contributed by atoms with E-state index in [-0.39, 0.29) is 18.4 Å². The molecule has 2 aliphatic rings. The van der Waals surface area contributed by atoms with E-state index in [9.17, 15) is 4.79 Å². The summed E-state index contributed by atoms with van der Waals surface area (Å²) in [5, 5.41) is 0. The fraction of sp³-hybridized carbons (Fsp3) is 0.440.